The first-order valence-electron chi connectivity index (χ1n) is 7.22. The van der Waals surface area contributed by atoms with Gasteiger partial charge in [-0.05, 0) is 37.0 Å². The summed E-state index contributed by atoms with van der Waals surface area (Å²) in [7, 11) is 1.67. The molecular formula is C16H25NO2. The summed E-state index contributed by atoms with van der Waals surface area (Å²) in [5, 5.41) is 0. The highest BCUT2D eigenvalue weighted by atomic mass is 16.5. The lowest BCUT2D eigenvalue weighted by Crippen LogP contribution is -2.27. The molecule has 0 aromatic heterocycles. The number of hydrogen-bond acceptors (Lipinski definition) is 3. The Bertz CT molecular complexity index is 373. The molecule has 0 bridgehead atoms. The molecule has 1 aliphatic carbocycles. The van der Waals surface area contributed by atoms with Crippen molar-refractivity contribution in [3.63, 3.8) is 0 Å². The van der Waals surface area contributed by atoms with E-state index in [0.29, 0.717) is 0 Å². The van der Waals surface area contributed by atoms with Crippen molar-refractivity contribution in [2.75, 3.05) is 13.7 Å². The average Bonchev–Trinajstić information content (AvgIpc) is 2.40. The third-order valence-corrected chi connectivity index (χ3v) is 4.14. The van der Waals surface area contributed by atoms with Gasteiger partial charge in [-0.2, -0.15) is 0 Å². The topological polar surface area (TPSA) is 44.5 Å². The van der Waals surface area contributed by atoms with E-state index in [1.165, 1.54) is 25.7 Å². The van der Waals surface area contributed by atoms with Gasteiger partial charge < -0.3 is 15.2 Å². The normalized spacial score (nSPS) is 18.7. The highest BCUT2D eigenvalue weighted by Crippen LogP contribution is 2.29. The van der Waals surface area contributed by atoms with E-state index >= 15 is 0 Å². The summed E-state index contributed by atoms with van der Waals surface area (Å²) in [6.07, 6.45) is 5.38. The van der Waals surface area contributed by atoms with Gasteiger partial charge in [-0.3, -0.25) is 0 Å². The van der Waals surface area contributed by atoms with Gasteiger partial charge in [0, 0.05) is 6.61 Å². The first-order chi connectivity index (χ1) is 9.20. The van der Waals surface area contributed by atoms with Crippen LogP contribution in [0.25, 0.3) is 0 Å². The molecule has 0 amide bonds. The van der Waals surface area contributed by atoms with Crippen molar-refractivity contribution < 1.29 is 9.47 Å². The van der Waals surface area contributed by atoms with Crippen LogP contribution in [-0.4, -0.2) is 19.8 Å². The maximum atomic E-state index is 6.23. The third kappa shape index (κ3) is 3.95. The van der Waals surface area contributed by atoms with E-state index in [1.807, 2.05) is 24.3 Å². The molecule has 2 rings (SSSR count). The molecule has 1 saturated carbocycles. The maximum absolute atomic E-state index is 6.23. The zero-order chi connectivity index (χ0) is 13.7. The summed E-state index contributed by atoms with van der Waals surface area (Å²) in [6.45, 7) is 2.88. The van der Waals surface area contributed by atoms with Crippen LogP contribution in [0.5, 0.6) is 5.75 Å². The summed E-state index contributed by atoms with van der Waals surface area (Å²) in [5.74, 6) is 1.75. The van der Waals surface area contributed by atoms with E-state index in [1.54, 1.807) is 7.11 Å². The number of ether oxygens (including phenoxy) is 2. The van der Waals surface area contributed by atoms with Crippen molar-refractivity contribution in [1.29, 1.82) is 0 Å². The Kier molecular flexibility index (Phi) is 5.23. The minimum Gasteiger partial charge on any atom is -0.497 e. The lowest BCUT2D eigenvalue weighted by Gasteiger charge is -2.27. The van der Waals surface area contributed by atoms with Crippen molar-refractivity contribution in [1.82, 2.24) is 0 Å². The Balaban J connectivity index is 1.77. The molecule has 1 aromatic rings. The molecule has 0 spiro atoms. The summed E-state index contributed by atoms with van der Waals surface area (Å²) in [4.78, 5) is 0. The summed E-state index contributed by atoms with van der Waals surface area (Å²) >= 11 is 0. The quantitative estimate of drug-likeness (QED) is 0.821. The van der Waals surface area contributed by atoms with Gasteiger partial charge in [0.1, 0.15) is 5.75 Å². The lowest BCUT2D eigenvalue weighted by atomic mass is 9.83. The largest absolute Gasteiger partial charge is 0.497 e. The zero-order valence-electron chi connectivity index (χ0n) is 12.0. The molecule has 3 heteroatoms. The van der Waals surface area contributed by atoms with E-state index in [-0.39, 0.29) is 12.1 Å². The van der Waals surface area contributed by atoms with Crippen molar-refractivity contribution in [2.24, 2.45) is 11.7 Å². The van der Waals surface area contributed by atoms with Crippen molar-refractivity contribution in [2.45, 2.75) is 44.8 Å². The van der Waals surface area contributed by atoms with Crippen LogP contribution in [0.2, 0.25) is 0 Å². The van der Waals surface area contributed by atoms with Crippen LogP contribution in [0, 0.1) is 5.92 Å². The first kappa shape index (κ1) is 14.4. The summed E-state index contributed by atoms with van der Waals surface area (Å²) in [5.41, 5.74) is 7.32. The second-order valence-electron chi connectivity index (χ2n) is 5.46. The van der Waals surface area contributed by atoms with E-state index in [2.05, 4.69) is 6.92 Å². The molecule has 0 saturated heterocycles. The molecule has 106 valence electrons. The Morgan fingerprint density at radius 2 is 1.95 bits per heavy atom. The van der Waals surface area contributed by atoms with Gasteiger partial charge in [0.15, 0.2) is 0 Å². The number of rotatable bonds is 7. The standard InChI is InChI=1S/C16H25NO2/c1-12(19-11-10-13-4-3-5-13)16(17)14-6-8-15(18-2)9-7-14/h6-9,12-13,16H,3-5,10-11,17H2,1-2H3. The van der Waals surface area contributed by atoms with E-state index in [9.17, 15) is 0 Å². The average molecular weight is 263 g/mol. The molecule has 0 radical (unpaired) electrons. The van der Waals surface area contributed by atoms with Gasteiger partial charge >= 0.3 is 0 Å². The van der Waals surface area contributed by atoms with Crippen LogP contribution in [0.15, 0.2) is 24.3 Å². The molecule has 3 nitrogen and oxygen atoms in total. The second-order valence-corrected chi connectivity index (χ2v) is 5.46. The van der Waals surface area contributed by atoms with E-state index < -0.39 is 0 Å². The fraction of sp³-hybridized carbons (Fsp3) is 0.625. The fourth-order valence-corrected chi connectivity index (χ4v) is 2.40. The SMILES string of the molecule is COc1ccc(C(N)C(C)OCCC2CCC2)cc1. The van der Waals surface area contributed by atoms with Gasteiger partial charge in [-0.25, -0.2) is 0 Å². The first-order valence-corrected chi connectivity index (χ1v) is 7.22. The predicted molar refractivity (Wildman–Crippen MR) is 77.3 cm³/mol. The Labute approximate surface area is 116 Å². The lowest BCUT2D eigenvalue weighted by molar-refractivity contribution is 0.0335. The molecular weight excluding hydrogens is 238 g/mol. The van der Waals surface area contributed by atoms with Crippen molar-refractivity contribution in [3.05, 3.63) is 29.8 Å². The smallest absolute Gasteiger partial charge is 0.118 e. The highest BCUT2D eigenvalue weighted by Gasteiger charge is 2.19. The highest BCUT2D eigenvalue weighted by molar-refractivity contribution is 5.29. The van der Waals surface area contributed by atoms with Crippen LogP contribution >= 0.6 is 0 Å². The molecule has 2 unspecified atom stereocenters. The van der Waals surface area contributed by atoms with Crippen LogP contribution in [0.3, 0.4) is 0 Å². The molecule has 2 atom stereocenters. The van der Waals surface area contributed by atoms with E-state index in [0.717, 1.165) is 23.8 Å². The van der Waals surface area contributed by atoms with Gasteiger partial charge in [0.05, 0.1) is 19.3 Å². The molecule has 0 heterocycles. The van der Waals surface area contributed by atoms with Crippen LogP contribution < -0.4 is 10.5 Å². The zero-order valence-corrected chi connectivity index (χ0v) is 12.0. The molecule has 1 aromatic carbocycles. The van der Waals surface area contributed by atoms with E-state index in [4.69, 9.17) is 15.2 Å². The maximum Gasteiger partial charge on any atom is 0.118 e. The van der Waals surface area contributed by atoms with Gasteiger partial charge in [-0.1, -0.05) is 31.4 Å². The monoisotopic (exact) mass is 263 g/mol. The number of nitrogens with two attached hydrogens (primary N) is 1. The minimum atomic E-state index is -0.0766. The van der Waals surface area contributed by atoms with Gasteiger partial charge in [-0.15, -0.1) is 0 Å². The molecule has 1 aliphatic rings. The van der Waals surface area contributed by atoms with Crippen molar-refractivity contribution in [3.8, 4) is 5.75 Å². The fourth-order valence-electron chi connectivity index (χ4n) is 2.40. The third-order valence-electron chi connectivity index (χ3n) is 4.14. The molecule has 1 fully saturated rings. The predicted octanol–water partition coefficient (Wildman–Crippen LogP) is 3.29. The number of hydrogen-bond donors (Lipinski definition) is 1. The number of benzene rings is 1. The number of methoxy groups -OCH3 is 1. The molecule has 2 N–H and O–H groups in total. The van der Waals surface area contributed by atoms with Gasteiger partial charge in [0.25, 0.3) is 0 Å². The summed E-state index contributed by atoms with van der Waals surface area (Å²) in [6, 6.07) is 7.82. The minimum absolute atomic E-state index is 0.0495. The Morgan fingerprint density at radius 1 is 1.26 bits per heavy atom. The molecule has 19 heavy (non-hydrogen) atoms. The second kappa shape index (κ2) is 6.92. The van der Waals surface area contributed by atoms with Gasteiger partial charge in [0.2, 0.25) is 0 Å². The summed E-state index contributed by atoms with van der Waals surface area (Å²) < 4.78 is 11.0. The van der Waals surface area contributed by atoms with Crippen molar-refractivity contribution >= 4 is 0 Å². The van der Waals surface area contributed by atoms with Crippen LogP contribution in [0.4, 0.5) is 0 Å². The Morgan fingerprint density at radius 3 is 2.47 bits per heavy atom. The van der Waals surface area contributed by atoms with Crippen LogP contribution in [-0.2, 0) is 4.74 Å². The molecule has 0 aliphatic heterocycles. The Hall–Kier alpha value is -1.06. The van der Waals surface area contributed by atoms with Crippen LogP contribution in [0.1, 0.15) is 44.2 Å².